The number of nitrogens with one attached hydrogen (secondary N) is 1. The van der Waals surface area contributed by atoms with Crippen LogP contribution in [0.1, 0.15) is 16.7 Å². The Bertz CT molecular complexity index is 111. The van der Waals surface area contributed by atoms with Crippen molar-refractivity contribution in [2.75, 3.05) is 0 Å². The quantitative estimate of drug-likeness (QED) is 0.477. The topological polar surface area (TPSA) is 75.3 Å². The molecule has 1 atom stereocenters. The number of hydrogen-bond acceptors (Lipinski definition) is 3. The zero-order valence-electron chi connectivity index (χ0n) is 5.59. The van der Waals surface area contributed by atoms with Gasteiger partial charge in [-0.3, -0.25) is 4.79 Å². The van der Waals surface area contributed by atoms with Gasteiger partial charge in [-0.2, -0.15) is 5.48 Å². The summed E-state index contributed by atoms with van der Waals surface area (Å²) >= 11 is 0. The molecule has 0 aliphatic rings. The fraction of sp³-hybridized carbons (Fsp3) is 0.800. The van der Waals surface area contributed by atoms with E-state index >= 15 is 0 Å². The van der Waals surface area contributed by atoms with Gasteiger partial charge in [0.05, 0.1) is 0 Å². The van der Waals surface area contributed by atoms with Crippen LogP contribution in [0.2, 0.25) is 0 Å². The number of carbonyl (C=O) groups is 1. The van der Waals surface area contributed by atoms with Crippen molar-refractivity contribution in [2.45, 2.75) is 19.9 Å². The number of hydroxylamine groups is 1. The fourth-order valence-corrected chi connectivity index (χ4v) is 0.541. The summed E-state index contributed by atoms with van der Waals surface area (Å²) in [7, 11) is 0. The first-order valence-corrected chi connectivity index (χ1v) is 2.78. The molecule has 0 unspecified atom stereocenters. The third kappa shape index (κ3) is 2.43. The SMILES string of the molecule is CC(C)[C@H](NO)C(N)=O.[HH].[HH]. The highest BCUT2D eigenvalue weighted by atomic mass is 16.5. The van der Waals surface area contributed by atoms with Gasteiger partial charge >= 0.3 is 0 Å². The molecule has 0 saturated carbocycles. The minimum Gasteiger partial charge on any atom is -0.368 e. The predicted octanol–water partition coefficient (Wildman–Crippen LogP) is -0.0329. The summed E-state index contributed by atoms with van der Waals surface area (Å²) in [5.74, 6) is -0.514. The minimum atomic E-state index is -0.634. The maximum absolute atomic E-state index is 10.4. The van der Waals surface area contributed by atoms with Crippen LogP contribution in [-0.2, 0) is 4.79 Å². The van der Waals surface area contributed by atoms with E-state index in [-0.39, 0.29) is 8.77 Å². The molecule has 58 valence electrons. The third-order valence-electron chi connectivity index (χ3n) is 1.11. The van der Waals surface area contributed by atoms with Crippen LogP contribution in [0.25, 0.3) is 0 Å². The maximum atomic E-state index is 10.4. The van der Waals surface area contributed by atoms with E-state index in [1.807, 2.05) is 5.48 Å². The second-order valence-corrected chi connectivity index (χ2v) is 2.25. The molecule has 0 aliphatic carbocycles. The largest absolute Gasteiger partial charge is 0.368 e. The number of nitrogens with two attached hydrogens (primary N) is 1. The second-order valence-electron chi connectivity index (χ2n) is 2.25. The number of primary amides is 1. The van der Waals surface area contributed by atoms with Gasteiger partial charge in [-0.1, -0.05) is 13.8 Å². The van der Waals surface area contributed by atoms with Crippen LogP contribution in [-0.4, -0.2) is 17.2 Å². The third-order valence-corrected chi connectivity index (χ3v) is 1.11. The molecule has 0 heterocycles. The average molecular weight is 136 g/mol. The van der Waals surface area contributed by atoms with Crippen LogP contribution in [0.15, 0.2) is 0 Å². The lowest BCUT2D eigenvalue weighted by molar-refractivity contribution is -0.123. The van der Waals surface area contributed by atoms with Crippen LogP contribution in [0.3, 0.4) is 0 Å². The Balaban J connectivity index is -0.000000320. The van der Waals surface area contributed by atoms with Crippen LogP contribution in [0, 0.1) is 5.92 Å². The molecule has 0 rings (SSSR count). The van der Waals surface area contributed by atoms with Gasteiger partial charge in [0.1, 0.15) is 6.04 Å². The van der Waals surface area contributed by atoms with Crippen molar-refractivity contribution in [3.63, 3.8) is 0 Å². The first-order chi connectivity index (χ1) is 4.09. The van der Waals surface area contributed by atoms with Gasteiger partial charge in [0, 0.05) is 2.85 Å². The van der Waals surface area contributed by atoms with E-state index in [2.05, 4.69) is 0 Å². The summed E-state index contributed by atoms with van der Waals surface area (Å²) in [5, 5.41) is 8.32. The van der Waals surface area contributed by atoms with Crippen LogP contribution < -0.4 is 11.2 Å². The summed E-state index contributed by atoms with van der Waals surface area (Å²) in [4.78, 5) is 10.4. The van der Waals surface area contributed by atoms with Crippen molar-refractivity contribution < 1.29 is 12.9 Å². The molecule has 0 radical (unpaired) electrons. The van der Waals surface area contributed by atoms with Crippen molar-refractivity contribution in [1.29, 1.82) is 0 Å². The van der Waals surface area contributed by atoms with Gasteiger partial charge in [0.15, 0.2) is 0 Å². The Hall–Kier alpha value is -0.610. The van der Waals surface area contributed by atoms with Crippen molar-refractivity contribution >= 4 is 5.91 Å². The predicted molar refractivity (Wildman–Crippen MR) is 37.0 cm³/mol. The van der Waals surface area contributed by atoms with Gasteiger partial charge < -0.3 is 10.9 Å². The summed E-state index contributed by atoms with van der Waals surface area (Å²) in [5.41, 5.74) is 6.71. The summed E-state index contributed by atoms with van der Waals surface area (Å²) in [6, 6.07) is -0.634. The van der Waals surface area contributed by atoms with Crippen molar-refractivity contribution in [3.8, 4) is 0 Å². The van der Waals surface area contributed by atoms with Crippen LogP contribution in [0.4, 0.5) is 0 Å². The van der Waals surface area contributed by atoms with E-state index in [0.29, 0.717) is 0 Å². The maximum Gasteiger partial charge on any atom is 0.237 e. The Morgan fingerprint density at radius 2 is 2.22 bits per heavy atom. The standard InChI is InChI=1S/C5H12N2O2.2H2/c1-3(2)4(7-9)5(6)8;;/h3-4,7,9H,1-2H3,(H2,6,8);2*1H/t4-;;/m0../s1. The van der Waals surface area contributed by atoms with E-state index in [0.717, 1.165) is 0 Å². The molecule has 9 heavy (non-hydrogen) atoms. The Morgan fingerprint density at radius 1 is 1.78 bits per heavy atom. The molecular formula is C5H16N2O2. The van der Waals surface area contributed by atoms with Crippen LogP contribution in [0.5, 0.6) is 0 Å². The number of hydrogen-bond donors (Lipinski definition) is 3. The fourth-order valence-electron chi connectivity index (χ4n) is 0.541. The molecule has 0 spiro atoms. The monoisotopic (exact) mass is 136 g/mol. The zero-order valence-corrected chi connectivity index (χ0v) is 5.59. The Labute approximate surface area is 57.0 Å². The van der Waals surface area contributed by atoms with Crippen molar-refractivity contribution in [1.82, 2.24) is 5.48 Å². The number of rotatable bonds is 3. The first-order valence-electron chi connectivity index (χ1n) is 2.78. The van der Waals surface area contributed by atoms with E-state index in [1.54, 1.807) is 13.8 Å². The zero-order chi connectivity index (χ0) is 7.44. The molecule has 0 aromatic heterocycles. The summed E-state index contributed by atoms with van der Waals surface area (Å²) < 4.78 is 0. The van der Waals surface area contributed by atoms with Gasteiger partial charge in [-0.05, 0) is 5.92 Å². The van der Waals surface area contributed by atoms with Gasteiger partial charge in [0.25, 0.3) is 0 Å². The molecular weight excluding hydrogens is 120 g/mol. The molecule has 0 aliphatic heterocycles. The molecule has 4 heteroatoms. The summed E-state index contributed by atoms with van der Waals surface area (Å²) in [6.07, 6.45) is 0. The van der Waals surface area contributed by atoms with E-state index < -0.39 is 11.9 Å². The number of carbonyl (C=O) groups excluding carboxylic acids is 1. The minimum absolute atomic E-state index is 0. The highest BCUT2D eigenvalue weighted by Crippen LogP contribution is 1.98. The Kier molecular flexibility index (Phi) is 3.19. The van der Waals surface area contributed by atoms with E-state index in [9.17, 15) is 4.79 Å². The molecule has 1 amide bonds. The van der Waals surface area contributed by atoms with Gasteiger partial charge in [-0.25, -0.2) is 0 Å². The molecule has 0 aromatic rings. The highest BCUT2D eigenvalue weighted by molar-refractivity contribution is 5.79. The lowest BCUT2D eigenvalue weighted by Crippen LogP contribution is -2.43. The lowest BCUT2D eigenvalue weighted by atomic mass is 10.1. The second kappa shape index (κ2) is 3.42. The van der Waals surface area contributed by atoms with E-state index in [1.165, 1.54) is 0 Å². The molecule has 4 N–H and O–H groups in total. The summed E-state index contributed by atoms with van der Waals surface area (Å²) in [6.45, 7) is 3.58. The van der Waals surface area contributed by atoms with E-state index in [4.69, 9.17) is 10.9 Å². The average Bonchev–Trinajstić information content (AvgIpc) is 1.64. The molecule has 0 saturated heterocycles. The molecule has 0 bridgehead atoms. The molecule has 0 aromatic carbocycles. The Morgan fingerprint density at radius 3 is 2.22 bits per heavy atom. The molecule has 4 nitrogen and oxygen atoms in total. The lowest BCUT2D eigenvalue weighted by Gasteiger charge is -2.13. The normalized spacial score (nSPS) is 13.8. The first kappa shape index (κ1) is 8.39. The van der Waals surface area contributed by atoms with Crippen molar-refractivity contribution in [3.05, 3.63) is 0 Å². The van der Waals surface area contributed by atoms with Gasteiger partial charge in [0.2, 0.25) is 5.91 Å². The van der Waals surface area contributed by atoms with Gasteiger partial charge in [-0.15, -0.1) is 0 Å². The smallest absolute Gasteiger partial charge is 0.237 e. The van der Waals surface area contributed by atoms with Crippen molar-refractivity contribution in [2.24, 2.45) is 11.7 Å². The number of amides is 1. The highest BCUT2D eigenvalue weighted by Gasteiger charge is 2.16. The van der Waals surface area contributed by atoms with Crippen LogP contribution >= 0.6 is 0 Å². The molecule has 0 fully saturated rings.